The van der Waals surface area contributed by atoms with Crippen LogP contribution >= 0.6 is 0 Å². The van der Waals surface area contributed by atoms with Crippen LogP contribution in [0.4, 0.5) is 18.9 Å². The summed E-state index contributed by atoms with van der Waals surface area (Å²) in [6.07, 6.45) is -2.58. The van der Waals surface area contributed by atoms with Gasteiger partial charge in [0.1, 0.15) is 5.69 Å². The van der Waals surface area contributed by atoms with Gasteiger partial charge in [-0.25, -0.2) is 9.19 Å². The fourth-order valence-electron chi connectivity index (χ4n) is 1.28. The first-order valence-electron chi connectivity index (χ1n) is 4.65. The van der Waals surface area contributed by atoms with E-state index in [-0.39, 0.29) is 5.69 Å². The molecule has 1 aromatic heterocycles. The minimum absolute atomic E-state index is 0.248. The number of hydrogen-bond donors (Lipinski definition) is 0. The van der Waals surface area contributed by atoms with E-state index in [1.54, 1.807) is 0 Å². The SMILES string of the molecule is O=S1(=Nc2ccc(C(F)(F)F)nc2)CCC1. The fraction of sp³-hybridized carbons (Fsp3) is 0.444. The molecule has 1 aliphatic rings. The molecule has 0 N–H and O–H groups in total. The Kier molecular flexibility index (Phi) is 2.65. The molecule has 0 aliphatic carbocycles. The summed E-state index contributed by atoms with van der Waals surface area (Å²) in [5, 5.41) is 0. The quantitative estimate of drug-likeness (QED) is 0.768. The molecule has 1 aromatic rings. The van der Waals surface area contributed by atoms with Crippen LogP contribution in [0.2, 0.25) is 0 Å². The van der Waals surface area contributed by atoms with Crippen LogP contribution in [-0.4, -0.2) is 20.7 Å². The molecule has 7 heteroatoms. The molecule has 16 heavy (non-hydrogen) atoms. The molecule has 3 nitrogen and oxygen atoms in total. The molecule has 0 saturated carbocycles. The van der Waals surface area contributed by atoms with Gasteiger partial charge in [-0.3, -0.25) is 0 Å². The van der Waals surface area contributed by atoms with E-state index >= 15 is 0 Å². The van der Waals surface area contributed by atoms with Crippen molar-refractivity contribution in [3.05, 3.63) is 24.0 Å². The first-order valence-corrected chi connectivity index (χ1v) is 6.50. The lowest BCUT2D eigenvalue weighted by atomic mass is 10.3. The predicted molar refractivity (Wildman–Crippen MR) is 53.8 cm³/mol. The van der Waals surface area contributed by atoms with Gasteiger partial charge >= 0.3 is 6.18 Å². The van der Waals surface area contributed by atoms with Gasteiger partial charge in [0.15, 0.2) is 0 Å². The van der Waals surface area contributed by atoms with Crippen molar-refractivity contribution in [3.63, 3.8) is 0 Å². The van der Waals surface area contributed by atoms with Crippen LogP contribution in [0.15, 0.2) is 22.7 Å². The van der Waals surface area contributed by atoms with Crippen molar-refractivity contribution < 1.29 is 17.4 Å². The van der Waals surface area contributed by atoms with E-state index in [4.69, 9.17) is 0 Å². The van der Waals surface area contributed by atoms with Crippen LogP contribution in [0.25, 0.3) is 0 Å². The molecule has 1 saturated heterocycles. The zero-order valence-electron chi connectivity index (χ0n) is 8.20. The van der Waals surface area contributed by atoms with Crippen molar-refractivity contribution in [2.24, 2.45) is 4.36 Å². The molecule has 0 atom stereocenters. The summed E-state index contributed by atoms with van der Waals surface area (Å²) in [7, 11) is -2.19. The van der Waals surface area contributed by atoms with E-state index in [1.807, 2.05) is 0 Å². The molecule has 1 aliphatic heterocycles. The molecule has 0 unspecified atom stereocenters. The molecular weight excluding hydrogens is 241 g/mol. The van der Waals surface area contributed by atoms with Gasteiger partial charge in [0.25, 0.3) is 0 Å². The van der Waals surface area contributed by atoms with Gasteiger partial charge in [-0.2, -0.15) is 17.5 Å². The zero-order valence-corrected chi connectivity index (χ0v) is 9.01. The largest absolute Gasteiger partial charge is 0.433 e. The van der Waals surface area contributed by atoms with E-state index in [0.29, 0.717) is 11.5 Å². The minimum Gasteiger partial charge on any atom is -0.250 e. The van der Waals surface area contributed by atoms with Gasteiger partial charge < -0.3 is 0 Å². The summed E-state index contributed by atoms with van der Waals surface area (Å²) in [6.45, 7) is 0. The Morgan fingerprint density at radius 2 is 2.00 bits per heavy atom. The summed E-state index contributed by atoms with van der Waals surface area (Å²) in [5.41, 5.74) is -0.715. The van der Waals surface area contributed by atoms with Crippen LogP contribution < -0.4 is 0 Å². The number of nitrogens with zero attached hydrogens (tertiary/aromatic N) is 2. The molecule has 0 bridgehead atoms. The Hall–Kier alpha value is -1.11. The summed E-state index contributed by atoms with van der Waals surface area (Å²) in [6, 6.07) is 2.04. The van der Waals surface area contributed by atoms with Crippen molar-refractivity contribution in [3.8, 4) is 0 Å². The van der Waals surface area contributed by atoms with E-state index < -0.39 is 21.6 Å². The number of aromatic nitrogens is 1. The number of rotatable bonds is 1. The smallest absolute Gasteiger partial charge is 0.250 e. The highest BCUT2D eigenvalue weighted by molar-refractivity contribution is 7.95. The fourth-order valence-corrected chi connectivity index (χ4v) is 2.74. The summed E-state index contributed by atoms with van der Waals surface area (Å²) >= 11 is 0. The molecule has 2 rings (SSSR count). The Bertz CT molecular complexity index is 490. The average Bonchev–Trinajstić information content (AvgIpc) is 2.15. The molecule has 0 radical (unpaired) electrons. The van der Waals surface area contributed by atoms with Crippen molar-refractivity contribution in [1.82, 2.24) is 4.98 Å². The number of pyridine rings is 1. The Labute approximate surface area is 90.9 Å². The zero-order chi connectivity index (χ0) is 11.8. The molecule has 0 aromatic carbocycles. The maximum absolute atomic E-state index is 12.2. The van der Waals surface area contributed by atoms with E-state index in [1.165, 1.54) is 6.07 Å². The summed E-state index contributed by atoms with van der Waals surface area (Å²) in [4.78, 5) is 3.25. The lowest BCUT2D eigenvalue weighted by molar-refractivity contribution is -0.141. The lowest BCUT2D eigenvalue weighted by Gasteiger charge is -2.17. The topological polar surface area (TPSA) is 42.3 Å². The third-order valence-corrected chi connectivity index (χ3v) is 4.63. The Morgan fingerprint density at radius 1 is 1.31 bits per heavy atom. The van der Waals surface area contributed by atoms with Gasteiger partial charge in [-0.15, -0.1) is 0 Å². The second kappa shape index (κ2) is 3.73. The number of halogens is 3. The Balaban J connectivity index is 2.27. The summed E-state index contributed by atoms with van der Waals surface area (Å²) in [5.74, 6) is 1.04. The van der Waals surface area contributed by atoms with Gasteiger partial charge in [-0.05, 0) is 18.6 Å². The highest BCUT2D eigenvalue weighted by atomic mass is 32.2. The highest BCUT2D eigenvalue weighted by Crippen LogP contribution is 2.29. The maximum atomic E-state index is 12.2. The second-order valence-corrected chi connectivity index (χ2v) is 6.07. The monoisotopic (exact) mass is 250 g/mol. The predicted octanol–water partition coefficient (Wildman–Crippen LogP) is 2.60. The van der Waals surface area contributed by atoms with Gasteiger partial charge in [0, 0.05) is 11.5 Å². The van der Waals surface area contributed by atoms with Crippen molar-refractivity contribution in [2.75, 3.05) is 11.5 Å². The maximum Gasteiger partial charge on any atom is 0.433 e. The van der Waals surface area contributed by atoms with E-state index in [0.717, 1.165) is 18.7 Å². The minimum atomic E-state index is -4.45. The van der Waals surface area contributed by atoms with E-state index in [9.17, 15) is 17.4 Å². The van der Waals surface area contributed by atoms with Gasteiger partial charge in [0.2, 0.25) is 0 Å². The first kappa shape index (κ1) is 11.4. The van der Waals surface area contributed by atoms with Crippen LogP contribution in [0.5, 0.6) is 0 Å². The molecule has 0 spiro atoms. The second-order valence-electron chi connectivity index (χ2n) is 3.53. The van der Waals surface area contributed by atoms with Gasteiger partial charge in [0.05, 0.1) is 21.6 Å². The average molecular weight is 250 g/mol. The van der Waals surface area contributed by atoms with Crippen molar-refractivity contribution in [1.29, 1.82) is 0 Å². The molecule has 2 heterocycles. The van der Waals surface area contributed by atoms with Crippen molar-refractivity contribution in [2.45, 2.75) is 12.6 Å². The van der Waals surface area contributed by atoms with E-state index in [2.05, 4.69) is 9.35 Å². The molecular formula is C9H9F3N2OS. The highest BCUT2D eigenvalue weighted by Gasteiger charge is 2.32. The lowest BCUT2D eigenvalue weighted by Crippen LogP contribution is -2.22. The third kappa shape index (κ3) is 2.34. The molecule has 0 amide bonds. The number of hydrogen-bond acceptors (Lipinski definition) is 3. The van der Waals surface area contributed by atoms with Gasteiger partial charge in [-0.1, -0.05) is 0 Å². The van der Waals surface area contributed by atoms with Crippen LogP contribution in [-0.2, 0) is 15.9 Å². The molecule has 1 fully saturated rings. The Morgan fingerprint density at radius 3 is 2.38 bits per heavy atom. The van der Waals surface area contributed by atoms with Crippen molar-refractivity contribution >= 4 is 15.4 Å². The normalized spacial score (nSPS) is 18.9. The number of alkyl halides is 3. The molecule has 88 valence electrons. The summed E-state index contributed by atoms with van der Waals surface area (Å²) < 4.78 is 52.1. The third-order valence-electron chi connectivity index (χ3n) is 2.24. The van der Waals surface area contributed by atoms with Crippen LogP contribution in [0, 0.1) is 0 Å². The standard InChI is InChI=1S/C9H9F3N2OS/c10-9(11,12)8-3-2-7(6-13-8)14-16(15)4-1-5-16/h2-3,6H,1,4-5H2. The van der Waals surface area contributed by atoms with Crippen LogP contribution in [0.3, 0.4) is 0 Å². The van der Waals surface area contributed by atoms with Crippen LogP contribution in [0.1, 0.15) is 12.1 Å². The first-order chi connectivity index (χ1) is 7.39.